The molecule has 8 nitrogen and oxygen atoms in total. The lowest BCUT2D eigenvalue weighted by molar-refractivity contribution is 0.358. The Hall–Kier alpha value is -2.10. The molecule has 0 aliphatic carbocycles. The Labute approximate surface area is 148 Å². The Morgan fingerprint density at radius 2 is 2.04 bits per heavy atom. The van der Waals surface area contributed by atoms with Gasteiger partial charge in [0, 0.05) is 33.0 Å². The van der Waals surface area contributed by atoms with Gasteiger partial charge >= 0.3 is 0 Å². The molecule has 1 fully saturated rings. The first-order valence-corrected chi connectivity index (χ1v) is 9.49. The van der Waals surface area contributed by atoms with Gasteiger partial charge in [0.2, 0.25) is 5.95 Å². The van der Waals surface area contributed by atoms with Gasteiger partial charge in [-0.1, -0.05) is 6.07 Å². The maximum absolute atomic E-state index is 12.5. The summed E-state index contributed by atoms with van der Waals surface area (Å²) >= 11 is 0. The molecular formula is C16H22N6O2S. The SMILES string of the molecule is Cc1ccc(Nc2nccc(C3CCCN3S(=O)(=O)N(C)C)n2)nc1. The van der Waals surface area contributed by atoms with Crippen molar-refractivity contribution in [2.75, 3.05) is 26.0 Å². The van der Waals surface area contributed by atoms with E-state index in [0.717, 1.165) is 18.4 Å². The Balaban J connectivity index is 1.84. The van der Waals surface area contributed by atoms with Crippen LogP contribution in [0.3, 0.4) is 0 Å². The number of aryl methyl sites for hydroxylation is 1. The number of hydrogen-bond donors (Lipinski definition) is 1. The fraction of sp³-hybridized carbons (Fsp3) is 0.438. The summed E-state index contributed by atoms with van der Waals surface area (Å²) in [6.45, 7) is 2.46. The first kappa shape index (κ1) is 17.7. The number of anilines is 2. The molecule has 2 aromatic heterocycles. The van der Waals surface area contributed by atoms with Gasteiger partial charge in [-0.3, -0.25) is 0 Å². The molecular weight excluding hydrogens is 340 g/mol. The molecule has 134 valence electrons. The molecule has 0 amide bonds. The third-order valence-corrected chi connectivity index (χ3v) is 6.08. The van der Waals surface area contributed by atoms with Crippen LogP contribution in [0.15, 0.2) is 30.6 Å². The van der Waals surface area contributed by atoms with Crippen molar-refractivity contribution >= 4 is 22.0 Å². The van der Waals surface area contributed by atoms with Gasteiger partial charge < -0.3 is 5.32 Å². The predicted octanol–water partition coefficient (Wildman–Crippen LogP) is 1.87. The Morgan fingerprint density at radius 1 is 1.24 bits per heavy atom. The van der Waals surface area contributed by atoms with Crippen molar-refractivity contribution in [1.82, 2.24) is 23.6 Å². The van der Waals surface area contributed by atoms with Gasteiger partial charge in [-0.2, -0.15) is 17.0 Å². The van der Waals surface area contributed by atoms with Crippen LogP contribution in [0.5, 0.6) is 0 Å². The molecule has 3 rings (SSSR count). The summed E-state index contributed by atoms with van der Waals surface area (Å²) in [5, 5.41) is 3.06. The molecule has 3 heterocycles. The topological polar surface area (TPSA) is 91.3 Å². The Bertz CT molecular complexity index is 838. The first-order chi connectivity index (χ1) is 11.9. The highest BCUT2D eigenvalue weighted by atomic mass is 32.2. The third kappa shape index (κ3) is 3.78. The number of pyridine rings is 1. The molecule has 0 saturated carbocycles. The molecule has 2 aromatic rings. The molecule has 1 aliphatic rings. The molecule has 1 unspecified atom stereocenters. The minimum absolute atomic E-state index is 0.276. The predicted molar refractivity (Wildman–Crippen MR) is 95.6 cm³/mol. The number of nitrogens with zero attached hydrogens (tertiary/aromatic N) is 5. The number of rotatable bonds is 5. The first-order valence-electron chi connectivity index (χ1n) is 8.10. The lowest BCUT2D eigenvalue weighted by Gasteiger charge is -2.26. The van der Waals surface area contributed by atoms with Gasteiger partial charge in [0.05, 0.1) is 11.7 Å². The zero-order valence-corrected chi connectivity index (χ0v) is 15.4. The minimum atomic E-state index is -3.48. The van der Waals surface area contributed by atoms with Crippen LogP contribution in [0.4, 0.5) is 11.8 Å². The van der Waals surface area contributed by atoms with Crippen molar-refractivity contribution in [1.29, 1.82) is 0 Å². The van der Waals surface area contributed by atoms with Crippen molar-refractivity contribution in [2.24, 2.45) is 0 Å². The summed E-state index contributed by atoms with van der Waals surface area (Å²) in [6.07, 6.45) is 4.95. The number of hydrogen-bond acceptors (Lipinski definition) is 6. The van der Waals surface area contributed by atoms with Crippen LogP contribution < -0.4 is 5.32 Å². The second kappa shape index (κ2) is 7.03. The van der Waals surface area contributed by atoms with Crippen LogP contribution in [-0.4, -0.2) is 52.6 Å². The molecule has 1 aliphatic heterocycles. The lowest BCUT2D eigenvalue weighted by atomic mass is 10.1. The Kier molecular flexibility index (Phi) is 4.98. The zero-order valence-electron chi connectivity index (χ0n) is 14.5. The van der Waals surface area contributed by atoms with Crippen molar-refractivity contribution in [2.45, 2.75) is 25.8 Å². The normalized spacial score (nSPS) is 18.6. The van der Waals surface area contributed by atoms with Crippen LogP contribution in [0.1, 0.15) is 30.1 Å². The minimum Gasteiger partial charge on any atom is -0.309 e. The molecule has 1 N–H and O–H groups in total. The molecule has 0 radical (unpaired) electrons. The fourth-order valence-electron chi connectivity index (χ4n) is 2.80. The van der Waals surface area contributed by atoms with Gasteiger partial charge in [0.15, 0.2) is 0 Å². The largest absolute Gasteiger partial charge is 0.309 e. The highest BCUT2D eigenvalue weighted by molar-refractivity contribution is 7.86. The lowest BCUT2D eigenvalue weighted by Crippen LogP contribution is -2.39. The average Bonchev–Trinajstić information content (AvgIpc) is 3.07. The second-order valence-electron chi connectivity index (χ2n) is 6.21. The summed E-state index contributed by atoms with van der Waals surface area (Å²) in [7, 11) is -0.392. The summed E-state index contributed by atoms with van der Waals surface area (Å²) in [5.74, 6) is 1.05. The monoisotopic (exact) mass is 362 g/mol. The number of aromatic nitrogens is 3. The number of nitrogens with one attached hydrogen (secondary N) is 1. The second-order valence-corrected chi connectivity index (χ2v) is 8.30. The highest BCUT2D eigenvalue weighted by Gasteiger charge is 2.37. The summed E-state index contributed by atoms with van der Waals surface area (Å²) in [6, 6.07) is 5.29. The van der Waals surface area contributed by atoms with Crippen molar-refractivity contribution in [3.63, 3.8) is 0 Å². The van der Waals surface area contributed by atoms with E-state index in [-0.39, 0.29) is 6.04 Å². The van der Waals surface area contributed by atoms with E-state index in [0.29, 0.717) is 24.0 Å². The van der Waals surface area contributed by atoms with E-state index in [2.05, 4.69) is 20.3 Å². The average molecular weight is 362 g/mol. The van der Waals surface area contributed by atoms with E-state index < -0.39 is 10.2 Å². The van der Waals surface area contributed by atoms with Crippen LogP contribution in [-0.2, 0) is 10.2 Å². The van der Waals surface area contributed by atoms with E-state index in [9.17, 15) is 8.42 Å². The molecule has 0 spiro atoms. The van der Waals surface area contributed by atoms with E-state index in [1.165, 1.54) is 8.61 Å². The third-order valence-electron chi connectivity index (χ3n) is 4.13. The van der Waals surface area contributed by atoms with E-state index in [1.54, 1.807) is 32.6 Å². The van der Waals surface area contributed by atoms with E-state index in [1.807, 2.05) is 19.1 Å². The smallest absolute Gasteiger partial charge is 0.282 e. The van der Waals surface area contributed by atoms with Crippen LogP contribution in [0.25, 0.3) is 0 Å². The maximum Gasteiger partial charge on any atom is 0.282 e. The van der Waals surface area contributed by atoms with Crippen LogP contribution >= 0.6 is 0 Å². The standard InChI is InChI=1S/C16H22N6O2S/c1-12-6-7-15(18-11-12)20-16-17-9-8-13(19-16)14-5-4-10-22(14)25(23,24)21(2)3/h6-9,11,14H,4-5,10H2,1-3H3,(H,17,18,19,20). The molecule has 0 bridgehead atoms. The van der Waals surface area contributed by atoms with Crippen molar-refractivity contribution in [3.05, 3.63) is 41.9 Å². The maximum atomic E-state index is 12.5. The van der Waals surface area contributed by atoms with Crippen molar-refractivity contribution in [3.8, 4) is 0 Å². The fourth-order valence-corrected chi connectivity index (χ4v) is 4.11. The van der Waals surface area contributed by atoms with Crippen molar-refractivity contribution < 1.29 is 8.42 Å². The van der Waals surface area contributed by atoms with Gasteiger partial charge in [-0.05, 0) is 37.5 Å². The molecule has 1 saturated heterocycles. The zero-order chi connectivity index (χ0) is 18.0. The Morgan fingerprint density at radius 3 is 2.72 bits per heavy atom. The molecule has 25 heavy (non-hydrogen) atoms. The van der Waals surface area contributed by atoms with Gasteiger partial charge in [-0.15, -0.1) is 0 Å². The van der Waals surface area contributed by atoms with E-state index in [4.69, 9.17) is 0 Å². The van der Waals surface area contributed by atoms with E-state index >= 15 is 0 Å². The molecule has 1 atom stereocenters. The molecule has 0 aromatic carbocycles. The summed E-state index contributed by atoms with van der Waals surface area (Å²) in [4.78, 5) is 13.0. The van der Waals surface area contributed by atoms with Gasteiger partial charge in [0.1, 0.15) is 5.82 Å². The molecule has 9 heteroatoms. The van der Waals surface area contributed by atoms with Crippen LogP contribution in [0.2, 0.25) is 0 Å². The van der Waals surface area contributed by atoms with Gasteiger partial charge in [0.25, 0.3) is 10.2 Å². The quantitative estimate of drug-likeness (QED) is 0.873. The summed E-state index contributed by atoms with van der Waals surface area (Å²) in [5.41, 5.74) is 1.75. The summed E-state index contributed by atoms with van der Waals surface area (Å²) < 4.78 is 27.8. The highest BCUT2D eigenvalue weighted by Crippen LogP contribution is 2.34. The van der Waals surface area contributed by atoms with Crippen LogP contribution in [0, 0.1) is 6.92 Å². The van der Waals surface area contributed by atoms with Gasteiger partial charge in [-0.25, -0.2) is 15.0 Å².